The molecule has 0 radical (unpaired) electrons. The van der Waals surface area contributed by atoms with Crippen LogP contribution in [-0.2, 0) is 4.74 Å². The molecule has 27 heavy (non-hydrogen) atoms. The van der Waals surface area contributed by atoms with Crippen molar-refractivity contribution in [1.82, 2.24) is 5.32 Å². The largest absolute Gasteiger partial charge is 0.376 e. The number of amides is 1. The number of aryl methyl sites for hydroxylation is 1. The number of carbonyl (C=O) groups is 1. The van der Waals surface area contributed by atoms with Gasteiger partial charge in [-0.1, -0.05) is 17.7 Å². The number of ether oxygens (including phenoxy) is 1. The van der Waals surface area contributed by atoms with Crippen molar-refractivity contribution < 1.29 is 13.9 Å². The van der Waals surface area contributed by atoms with Gasteiger partial charge in [0.15, 0.2) is 0 Å². The van der Waals surface area contributed by atoms with Crippen molar-refractivity contribution in [3.8, 4) is 0 Å². The van der Waals surface area contributed by atoms with Crippen LogP contribution in [0.25, 0.3) is 0 Å². The fourth-order valence-electron chi connectivity index (χ4n) is 2.73. The Morgan fingerprint density at radius 3 is 2.78 bits per heavy atom. The summed E-state index contributed by atoms with van der Waals surface area (Å²) in [4.78, 5) is 17.0. The minimum atomic E-state index is -0.397. The standard InChI is InChI=1S/C20H21ClFN3O2/c1-13-4-7-15(21)11-18(13)24-20(23-12-17-3-2-10-27-17)25-19(26)14-5-8-16(22)9-6-14/h4-9,11,17H,2-3,10,12H2,1H3,(H2,23,24,25,26)/t17-/m1/s1. The molecular formula is C20H21ClFN3O2. The third-order valence-electron chi connectivity index (χ3n) is 4.27. The van der Waals surface area contributed by atoms with Crippen molar-refractivity contribution in [2.24, 2.45) is 4.99 Å². The molecule has 7 heteroatoms. The maximum Gasteiger partial charge on any atom is 0.257 e. The summed E-state index contributed by atoms with van der Waals surface area (Å²) in [6, 6.07) is 10.8. The van der Waals surface area contributed by atoms with Crippen LogP contribution in [-0.4, -0.2) is 31.1 Å². The van der Waals surface area contributed by atoms with E-state index >= 15 is 0 Å². The number of hydrogen-bond acceptors (Lipinski definition) is 3. The normalized spacial score (nSPS) is 17.0. The van der Waals surface area contributed by atoms with Crippen LogP contribution in [0.4, 0.5) is 10.1 Å². The second kappa shape index (κ2) is 8.97. The van der Waals surface area contributed by atoms with Gasteiger partial charge in [-0.25, -0.2) is 9.38 Å². The molecule has 1 aliphatic heterocycles. The van der Waals surface area contributed by atoms with Crippen LogP contribution < -0.4 is 10.6 Å². The monoisotopic (exact) mass is 389 g/mol. The summed E-state index contributed by atoms with van der Waals surface area (Å²) in [7, 11) is 0. The molecule has 142 valence electrons. The highest BCUT2D eigenvalue weighted by Gasteiger charge is 2.16. The van der Waals surface area contributed by atoms with Gasteiger partial charge in [0.25, 0.3) is 5.91 Å². The molecule has 0 saturated carbocycles. The second-order valence-electron chi connectivity index (χ2n) is 6.37. The van der Waals surface area contributed by atoms with Crippen molar-refractivity contribution >= 4 is 29.2 Å². The number of aliphatic imine (C=N–C) groups is 1. The fourth-order valence-corrected chi connectivity index (χ4v) is 2.90. The van der Waals surface area contributed by atoms with Crippen molar-refractivity contribution in [2.75, 3.05) is 18.5 Å². The molecule has 1 fully saturated rings. The van der Waals surface area contributed by atoms with Crippen LogP contribution in [0.2, 0.25) is 5.02 Å². The van der Waals surface area contributed by atoms with E-state index in [-0.39, 0.29) is 12.0 Å². The Kier molecular flexibility index (Phi) is 6.42. The van der Waals surface area contributed by atoms with E-state index in [0.717, 1.165) is 30.7 Å². The van der Waals surface area contributed by atoms with Gasteiger partial charge in [0.1, 0.15) is 5.82 Å². The Morgan fingerprint density at radius 1 is 1.30 bits per heavy atom. The summed E-state index contributed by atoms with van der Waals surface area (Å²) >= 11 is 6.07. The highest BCUT2D eigenvalue weighted by Crippen LogP contribution is 2.20. The van der Waals surface area contributed by atoms with Gasteiger partial charge < -0.3 is 10.1 Å². The van der Waals surface area contributed by atoms with Crippen LogP contribution in [0.15, 0.2) is 47.5 Å². The Labute approximate surface area is 162 Å². The Morgan fingerprint density at radius 2 is 2.07 bits per heavy atom. The number of rotatable bonds is 4. The number of benzene rings is 2. The lowest BCUT2D eigenvalue weighted by Crippen LogP contribution is -2.37. The Bertz CT molecular complexity index is 834. The van der Waals surface area contributed by atoms with Crippen molar-refractivity contribution in [2.45, 2.75) is 25.9 Å². The minimum absolute atomic E-state index is 0.0463. The van der Waals surface area contributed by atoms with Gasteiger partial charge in [-0.3, -0.25) is 10.1 Å². The van der Waals surface area contributed by atoms with Crippen LogP contribution >= 0.6 is 11.6 Å². The number of hydrogen-bond donors (Lipinski definition) is 2. The van der Waals surface area contributed by atoms with Crippen LogP contribution in [0.5, 0.6) is 0 Å². The smallest absolute Gasteiger partial charge is 0.257 e. The highest BCUT2D eigenvalue weighted by atomic mass is 35.5. The van der Waals surface area contributed by atoms with Gasteiger partial charge >= 0.3 is 0 Å². The van der Waals surface area contributed by atoms with Gasteiger partial charge in [-0.05, 0) is 61.7 Å². The van der Waals surface area contributed by atoms with E-state index < -0.39 is 5.82 Å². The molecule has 1 saturated heterocycles. The molecule has 1 amide bonds. The summed E-state index contributed by atoms with van der Waals surface area (Å²) in [5, 5.41) is 6.45. The zero-order valence-electron chi connectivity index (χ0n) is 15.0. The summed E-state index contributed by atoms with van der Waals surface area (Å²) < 4.78 is 18.7. The zero-order chi connectivity index (χ0) is 19.2. The molecule has 1 aliphatic rings. The number of carbonyl (C=O) groups excluding carboxylic acids is 1. The molecule has 0 aliphatic carbocycles. The maximum absolute atomic E-state index is 13.1. The lowest BCUT2D eigenvalue weighted by Gasteiger charge is -2.15. The average Bonchev–Trinajstić information content (AvgIpc) is 3.17. The first-order chi connectivity index (χ1) is 13.0. The van der Waals surface area contributed by atoms with Crippen LogP contribution in [0.3, 0.4) is 0 Å². The predicted octanol–water partition coefficient (Wildman–Crippen LogP) is 4.16. The topological polar surface area (TPSA) is 62.7 Å². The molecule has 5 nitrogen and oxygen atoms in total. The Balaban J connectivity index is 1.77. The summed E-state index contributed by atoms with van der Waals surface area (Å²) in [6.45, 7) is 3.10. The molecule has 3 rings (SSSR count). The van der Waals surface area contributed by atoms with Gasteiger partial charge in [0.05, 0.1) is 12.6 Å². The summed E-state index contributed by atoms with van der Waals surface area (Å²) in [5.74, 6) is -0.482. The molecule has 2 aromatic rings. The van der Waals surface area contributed by atoms with Gasteiger partial charge in [0.2, 0.25) is 5.96 Å². The molecule has 2 aromatic carbocycles. The maximum atomic E-state index is 13.1. The van der Waals surface area contributed by atoms with E-state index in [2.05, 4.69) is 15.6 Å². The number of nitrogens with one attached hydrogen (secondary N) is 2. The van der Waals surface area contributed by atoms with Crippen molar-refractivity contribution in [1.29, 1.82) is 0 Å². The van der Waals surface area contributed by atoms with E-state index in [1.54, 1.807) is 12.1 Å². The summed E-state index contributed by atoms with van der Waals surface area (Å²) in [5.41, 5.74) is 2.04. The SMILES string of the molecule is Cc1ccc(Cl)cc1NC(=NC[C@H]1CCCO1)NC(=O)c1ccc(F)cc1. The first-order valence-electron chi connectivity index (χ1n) is 8.77. The quantitative estimate of drug-likeness (QED) is 0.609. The second-order valence-corrected chi connectivity index (χ2v) is 6.81. The van der Waals surface area contributed by atoms with Gasteiger partial charge in [-0.15, -0.1) is 0 Å². The first-order valence-corrected chi connectivity index (χ1v) is 9.15. The van der Waals surface area contributed by atoms with Gasteiger partial charge in [0, 0.05) is 22.9 Å². The molecule has 0 spiro atoms. The molecular weight excluding hydrogens is 369 g/mol. The van der Waals surface area contributed by atoms with E-state index in [0.29, 0.717) is 23.1 Å². The number of halogens is 2. The zero-order valence-corrected chi connectivity index (χ0v) is 15.7. The van der Waals surface area contributed by atoms with Crippen molar-refractivity contribution in [3.63, 3.8) is 0 Å². The van der Waals surface area contributed by atoms with E-state index in [1.807, 2.05) is 13.0 Å². The molecule has 1 heterocycles. The lowest BCUT2D eigenvalue weighted by atomic mass is 10.2. The predicted molar refractivity (Wildman–Crippen MR) is 105 cm³/mol. The lowest BCUT2D eigenvalue weighted by molar-refractivity contribution is 0.0975. The third-order valence-corrected chi connectivity index (χ3v) is 4.50. The van der Waals surface area contributed by atoms with E-state index in [1.165, 1.54) is 24.3 Å². The van der Waals surface area contributed by atoms with Crippen LogP contribution in [0.1, 0.15) is 28.8 Å². The first kappa shape index (κ1) is 19.3. The highest BCUT2D eigenvalue weighted by molar-refractivity contribution is 6.31. The number of anilines is 1. The molecule has 0 unspecified atom stereocenters. The molecule has 0 bridgehead atoms. The molecule has 0 aromatic heterocycles. The number of guanidine groups is 1. The summed E-state index contributed by atoms with van der Waals surface area (Å²) in [6.07, 6.45) is 2.00. The minimum Gasteiger partial charge on any atom is -0.376 e. The average molecular weight is 390 g/mol. The number of nitrogens with zero attached hydrogens (tertiary/aromatic N) is 1. The van der Waals surface area contributed by atoms with Crippen LogP contribution in [0, 0.1) is 12.7 Å². The van der Waals surface area contributed by atoms with Crippen molar-refractivity contribution in [3.05, 3.63) is 64.4 Å². The van der Waals surface area contributed by atoms with Gasteiger partial charge in [-0.2, -0.15) is 0 Å². The van der Waals surface area contributed by atoms with E-state index in [9.17, 15) is 9.18 Å². The third kappa shape index (κ3) is 5.52. The molecule has 2 N–H and O–H groups in total. The van der Waals surface area contributed by atoms with E-state index in [4.69, 9.17) is 16.3 Å². The Hall–Kier alpha value is -2.44. The fraction of sp³-hybridized carbons (Fsp3) is 0.300. The molecule has 1 atom stereocenters.